The van der Waals surface area contributed by atoms with E-state index in [1.165, 1.54) is 0 Å². The first kappa shape index (κ1) is 12.5. The zero-order chi connectivity index (χ0) is 13.2. The summed E-state index contributed by atoms with van der Waals surface area (Å²) < 4.78 is 6.63. The number of fused-ring (bicyclic) bond motifs is 1. The monoisotopic (exact) mass is 277 g/mol. The van der Waals surface area contributed by atoms with Crippen LogP contribution in [0, 0.1) is 0 Å². The summed E-state index contributed by atoms with van der Waals surface area (Å²) in [4.78, 5) is 16.3. The molecule has 1 amide bonds. The summed E-state index contributed by atoms with van der Waals surface area (Å²) in [7, 11) is 0. The molecule has 19 heavy (non-hydrogen) atoms. The molecule has 2 atom stereocenters. The van der Waals surface area contributed by atoms with Gasteiger partial charge in [0.25, 0.3) is 5.91 Å². The van der Waals surface area contributed by atoms with Gasteiger partial charge in [-0.3, -0.25) is 4.79 Å². The highest BCUT2D eigenvalue weighted by molar-refractivity contribution is 7.16. The lowest BCUT2D eigenvalue weighted by atomic mass is 10.2. The molecule has 0 saturated carbocycles. The average Bonchev–Trinajstić information content (AvgIpc) is 3.06. The summed E-state index contributed by atoms with van der Waals surface area (Å²) in [5.74, 6) is -0.0974. The summed E-state index contributed by atoms with van der Waals surface area (Å²) in [6, 6.07) is 5.69. The van der Waals surface area contributed by atoms with Crippen LogP contribution in [0.25, 0.3) is 10.2 Å². The smallest absolute Gasteiger partial charge is 0.253 e. The van der Waals surface area contributed by atoms with Gasteiger partial charge in [-0.1, -0.05) is 0 Å². The number of hydrogen-bond acceptors (Lipinski definition) is 5. The lowest BCUT2D eigenvalue weighted by Gasteiger charge is -2.12. The second-order valence-corrected chi connectivity index (χ2v) is 5.47. The summed E-state index contributed by atoms with van der Waals surface area (Å²) >= 11 is 1.55. The molecule has 0 bridgehead atoms. The number of carbonyl (C=O) groups is 1. The predicted octanol–water partition coefficient (Wildman–Crippen LogP) is 1.74. The first-order chi connectivity index (χ1) is 9.26. The van der Waals surface area contributed by atoms with E-state index in [1.54, 1.807) is 16.8 Å². The normalized spacial score (nSPS) is 22.8. The Morgan fingerprint density at radius 1 is 1.53 bits per heavy atom. The van der Waals surface area contributed by atoms with Gasteiger partial charge in [-0.25, -0.2) is 4.98 Å². The van der Waals surface area contributed by atoms with Crippen molar-refractivity contribution in [1.82, 2.24) is 4.98 Å². The molecule has 1 aliphatic rings. The third-order valence-corrected chi connectivity index (χ3v) is 4.05. The molecular weight excluding hydrogens is 262 g/mol. The Morgan fingerprint density at radius 2 is 2.42 bits per heavy atom. The van der Waals surface area contributed by atoms with Crippen LogP contribution in [0.15, 0.2) is 23.7 Å². The molecule has 2 aromatic rings. The Bertz CT molecular complexity index is 598. The van der Waals surface area contributed by atoms with Crippen LogP contribution < -0.4 is 11.1 Å². The van der Waals surface area contributed by atoms with Crippen LogP contribution >= 0.6 is 11.3 Å². The molecule has 100 valence electrons. The number of nitrogens with two attached hydrogens (primary N) is 1. The Kier molecular flexibility index (Phi) is 3.46. The molecule has 3 N–H and O–H groups in total. The van der Waals surface area contributed by atoms with E-state index in [9.17, 15) is 4.79 Å². The number of thiazole rings is 1. The molecule has 1 aliphatic heterocycles. The largest absolute Gasteiger partial charge is 0.364 e. The lowest BCUT2D eigenvalue weighted by Crippen LogP contribution is -2.29. The number of nitrogens with one attached hydrogen (secondary N) is 1. The van der Waals surface area contributed by atoms with Gasteiger partial charge in [0.15, 0.2) is 0 Å². The average molecular weight is 277 g/mol. The fraction of sp³-hybridized carbons (Fsp3) is 0.385. The van der Waals surface area contributed by atoms with Gasteiger partial charge in [-0.2, -0.15) is 0 Å². The van der Waals surface area contributed by atoms with E-state index in [1.807, 2.05) is 18.2 Å². The van der Waals surface area contributed by atoms with E-state index in [0.29, 0.717) is 6.54 Å². The second kappa shape index (κ2) is 5.24. The molecular formula is C13H15N3O2S. The van der Waals surface area contributed by atoms with E-state index >= 15 is 0 Å². The van der Waals surface area contributed by atoms with E-state index in [4.69, 9.17) is 10.5 Å². The van der Waals surface area contributed by atoms with E-state index < -0.39 is 0 Å². The van der Waals surface area contributed by atoms with Crippen LogP contribution in [-0.4, -0.2) is 29.6 Å². The number of amides is 1. The quantitative estimate of drug-likeness (QED) is 0.896. The molecule has 0 spiro atoms. The van der Waals surface area contributed by atoms with Crippen molar-refractivity contribution < 1.29 is 9.53 Å². The number of aromatic nitrogens is 1. The van der Waals surface area contributed by atoms with Crippen molar-refractivity contribution in [2.24, 2.45) is 5.73 Å². The van der Waals surface area contributed by atoms with Gasteiger partial charge >= 0.3 is 0 Å². The molecule has 0 radical (unpaired) electrons. The van der Waals surface area contributed by atoms with E-state index in [2.05, 4.69) is 10.3 Å². The van der Waals surface area contributed by atoms with Crippen molar-refractivity contribution in [1.29, 1.82) is 0 Å². The lowest BCUT2D eigenvalue weighted by molar-refractivity contribution is -0.126. The van der Waals surface area contributed by atoms with Gasteiger partial charge in [0, 0.05) is 12.2 Å². The maximum absolute atomic E-state index is 12.1. The first-order valence-electron chi connectivity index (χ1n) is 6.26. The molecule has 1 saturated heterocycles. The highest BCUT2D eigenvalue weighted by atomic mass is 32.1. The van der Waals surface area contributed by atoms with Crippen LogP contribution in [-0.2, 0) is 9.53 Å². The van der Waals surface area contributed by atoms with Crippen LogP contribution in [0.4, 0.5) is 5.69 Å². The fourth-order valence-corrected chi connectivity index (χ4v) is 2.94. The molecule has 1 fully saturated rings. The SMILES string of the molecule is NC[C@H]1CC[C@@H](C(=O)Nc2ccc3ncsc3c2)O1. The Hall–Kier alpha value is -1.50. The summed E-state index contributed by atoms with van der Waals surface area (Å²) in [6.07, 6.45) is 1.21. The third kappa shape index (κ3) is 2.60. The number of ether oxygens (including phenoxy) is 1. The van der Waals surface area contributed by atoms with Crippen LogP contribution in [0.1, 0.15) is 12.8 Å². The minimum atomic E-state index is -0.384. The highest BCUT2D eigenvalue weighted by Crippen LogP contribution is 2.24. The van der Waals surface area contributed by atoms with Gasteiger partial charge in [0.05, 0.1) is 21.8 Å². The van der Waals surface area contributed by atoms with Gasteiger partial charge < -0.3 is 15.8 Å². The van der Waals surface area contributed by atoms with Crippen molar-refractivity contribution in [3.63, 3.8) is 0 Å². The number of rotatable bonds is 3. The maximum atomic E-state index is 12.1. The minimum Gasteiger partial charge on any atom is -0.364 e. The maximum Gasteiger partial charge on any atom is 0.253 e. The number of carbonyl (C=O) groups excluding carboxylic acids is 1. The second-order valence-electron chi connectivity index (χ2n) is 4.58. The summed E-state index contributed by atoms with van der Waals surface area (Å²) in [5, 5.41) is 2.88. The van der Waals surface area contributed by atoms with Crippen LogP contribution in [0.5, 0.6) is 0 Å². The van der Waals surface area contributed by atoms with Crippen molar-refractivity contribution >= 4 is 33.1 Å². The predicted molar refractivity (Wildman–Crippen MR) is 75.2 cm³/mol. The summed E-state index contributed by atoms with van der Waals surface area (Å²) in [6.45, 7) is 0.469. The third-order valence-electron chi connectivity index (χ3n) is 3.26. The Morgan fingerprint density at radius 3 is 3.21 bits per heavy atom. The number of hydrogen-bond donors (Lipinski definition) is 2. The molecule has 3 rings (SSSR count). The number of nitrogens with zero attached hydrogens (tertiary/aromatic N) is 1. The van der Waals surface area contributed by atoms with E-state index in [-0.39, 0.29) is 18.1 Å². The van der Waals surface area contributed by atoms with Gasteiger partial charge in [0.2, 0.25) is 0 Å². The molecule has 6 heteroatoms. The zero-order valence-electron chi connectivity index (χ0n) is 10.3. The van der Waals surface area contributed by atoms with Gasteiger partial charge in [-0.05, 0) is 31.0 Å². The molecule has 1 aromatic carbocycles. The topological polar surface area (TPSA) is 77.2 Å². The first-order valence-corrected chi connectivity index (χ1v) is 7.14. The van der Waals surface area contributed by atoms with Crippen molar-refractivity contribution in [2.75, 3.05) is 11.9 Å². The standard InChI is InChI=1S/C13H15N3O2S/c14-6-9-2-4-11(18-9)13(17)16-8-1-3-10-12(5-8)19-7-15-10/h1,3,5,7,9,11H,2,4,6,14H2,(H,16,17)/t9-,11+/m1/s1. The van der Waals surface area contributed by atoms with Crippen molar-refractivity contribution in [3.8, 4) is 0 Å². The van der Waals surface area contributed by atoms with E-state index in [0.717, 1.165) is 28.7 Å². The Labute approximate surface area is 114 Å². The molecule has 1 aromatic heterocycles. The van der Waals surface area contributed by atoms with Gasteiger partial charge in [-0.15, -0.1) is 11.3 Å². The summed E-state index contributed by atoms with van der Waals surface area (Å²) in [5.41, 5.74) is 9.06. The fourth-order valence-electron chi connectivity index (χ4n) is 2.23. The molecule has 2 heterocycles. The van der Waals surface area contributed by atoms with Crippen molar-refractivity contribution in [2.45, 2.75) is 25.0 Å². The highest BCUT2D eigenvalue weighted by Gasteiger charge is 2.29. The number of anilines is 1. The Balaban J connectivity index is 1.68. The molecule has 0 unspecified atom stereocenters. The molecule has 0 aliphatic carbocycles. The zero-order valence-corrected chi connectivity index (χ0v) is 11.2. The van der Waals surface area contributed by atoms with Crippen molar-refractivity contribution in [3.05, 3.63) is 23.7 Å². The number of benzene rings is 1. The molecule has 5 nitrogen and oxygen atoms in total. The van der Waals surface area contributed by atoms with Crippen LogP contribution in [0.3, 0.4) is 0 Å². The minimum absolute atomic E-state index is 0.0136. The van der Waals surface area contributed by atoms with Crippen LogP contribution in [0.2, 0.25) is 0 Å². The van der Waals surface area contributed by atoms with Gasteiger partial charge in [0.1, 0.15) is 6.10 Å².